The second-order valence-corrected chi connectivity index (χ2v) is 4.67. The van der Waals surface area contributed by atoms with Crippen LogP contribution in [0.5, 0.6) is 0 Å². The van der Waals surface area contributed by atoms with E-state index in [4.69, 9.17) is 23.2 Å². The van der Waals surface area contributed by atoms with Crippen LogP contribution in [0.3, 0.4) is 0 Å². The summed E-state index contributed by atoms with van der Waals surface area (Å²) >= 11 is 11.3. The van der Waals surface area contributed by atoms with Gasteiger partial charge >= 0.3 is 0 Å². The van der Waals surface area contributed by atoms with Crippen molar-refractivity contribution in [2.45, 2.75) is 6.54 Å². The number of nitrogens with zero attached hydrogens (tertiary/aromatic N) is 3. The second kappa shape index (κ2) is 5.89. The van der Waals surface area contributed by atoms with E-state index in [1.165, 1.54) is 35.3 Å². The van der Waals surface area contributed by atoms with Crippen molar-refractivity contribution in [3.8, 4) is 0 Å². The first-order valence-electron chi connectivity index (χ1n) is 5.37. The highest BCUT2D eigenvalue weighted by Crippen LogP contribution is 2.27. The summed E-state index contributed by atoms with van der Waals surface area (Å²) in [5.74, 6) is -0.388. The summed E-state index contributed by atoms with van der Waals surface area (Å²) in [4.78, 5) is 21.9. The Kier molecular flexibility index (Phi) is 4.21. The van der Waals surface area contributed by atoms with Gasteiger partial charge in [-0.2, -0.15) is 5.10 Å². The lowest BCUT2D eigenvalue weighted by molar-refractivity contribution is -0.384. The van der Waals surface area contributed by atoms with E-state index in [1.54, 1.807) is 0 Å². The standard InChI is InChI=1S/C11H8Cl2N4O3/c12-7-4-14-16(5-7)6-11(18)15-8-1-2-9(13)10(3-8)17(19)20/h1-5H,6H2,(H,15,18). The van der Waals surface area contributed by atoms with Crippen molar-refractivity contribution in [2.24, 2.45) is 0 Å². The number of carbonyl (C=O) groups is 1. The van der Waals surface area contributed by atoms with Gasteiger partial charge in [0.15, 0.2) is 0 Å². The highest BCUT2D eigenvalue weighted by Gasteiger charge is 2.14. The van der Waals surface area contributed by atoms with Gasteiger partial charge in [-0.3, -0.25) is 19.6 Å². The molecule has 2 rings (SSSR count). The highest BCUT2D eigenvalue weighted by atomic mass is 35.5. The molecule has 9 heteroatoms. The lowest BCUT2D eigenvalue weighted by Gasteiger charge is -2.05. The van der Waals surface area contributed by atoms with Gasteiger partial charge in [0, 0.05) is 18.0 Å². The quantitative estimate of drug-likeness (QED) is 0.694. The number of rotatable bonds is 4. The highest BCUT2D eigenvalue weighted by molar-refractivity contribution is 6.32. The molecule has 1 amide bonds. The predicted octanol–water partition coefficient (Wildman–Crippen LogP) is 2.74. The molecule has 0 spiro atoms. The van der Waals surface area contributed by atoms with Crippen LogP contribution in [0.25, 0.3) is 0 Å². The van der Waals surface area contributed by atoms with Gasteiger partial charge in [-0.15, -0.1) is 0 Å². The molecule has 0 fully saturated rings. The Balaban J connectivity index is 2.08. The summed E-state index contributed by atoms with van der Waals surface area (Å²) in [6.45, 7) is -0.0524. The first-order chi connectivity index (χ1) is 9.45. The third-order valence-corrected chi connectivity index (χ3v) is 2.85. The second-order valence-electron chi connectivity index (χ2n) is 3.83. The van der Waals surface area contributed by atoms with E-state index in [-0.39, 0.29) is 28.8 Å². The third-order valence-electron chi connectivity index (χ3n) is 2.33. The maximum atomic E-state index is 11.7. The van der Waals surface area contributed by atoms with Crippen LogP contribution < -0.4 is 5.32 Å². The monoisotopic (exact) mass is 314 g/mol. The van der Waals surface area contributed by atoms with E-state index in [0.29, 0.717) is 5.02 Å². The zero-order valence-electron chi connectivity index (χ0n) is 9.92. The van der Waals surface area contributed by atoms with E-state index >= 15 is 0 Å². The lowest BCUT2D eigenvalue weighted by atomic mass is 10.3. The van der Waals surface area contributed by atoms with E-state index in [1.807, 2.05) is 0 Å². The zero-order valence-corrected chi connectivity index (χ0v) is 11.4. The molecule has 2 aromatic rings. The number of amides is 1. The van der Waals surface area contributed by atoms with Crippen LogP contribution in [0.1, 0.15) is 0 Å². The average molecular weight is 315 g/mol. The fourth-order valence-corrected chi connectivity index (χ4v) is 1.85. The van der Waals surface area contributed by atoms with Gasteiger partial charge < -0.3 is 5.32 Å². The molecule has 0 saturated carbocycles. The average Bonchev–Trinajstić information content (AvgIpc) is 2.76. The van der Waals surface area contributed by atoms with Crippen LogP contribution in [-0.4, -0.2) is 20.6 Å². The van der Waals surface area contributed by atoms with Crippen LogP contribution >= 0.6 is 23.2 Å². The Labute approximate surface area is 123 Å². The number of hydrogen-bond donors (Lipinski definition) is 1. The van der Waals surface area contributed by atoms with Crippen LogP contribution in [0.4, 0.5) is 11.4 Å². The number of nitro benzene ring substituents is 1. The van der Waals surface area contributed by atoms with E-state index in [0.717, 1.165) is 0 Å². The van der Waals surface area contributed by atoms with E-state index in [2.05, 4.69) is 10.4 Å². The van der Waals surface area contributed by atoms with Crippen molar-refractivity contribution in [1.82, 2.24) is 9.78 Å². The van der Waals surface area contributed by atoms with Crippen LogP contribution in [-0.2, 0) is 11.3 Å². The van der Waals surface area contributed by atoms with Gasteiger partial charge in [0.2, 0.25) is 5.91 Å². The summed E-state index contributed by atoms with van der Waals surface area (Å²) in [6.07, 6.45) is 2.90. The molecule has 0 aliphatic carbocycles. The maximum Gasteiger partial charge on any atom is 0.289 e. The molecule has 1 aromatic heterocycles. The summed E-state index contributed by atoms with van der Waals surface area (Å²) in [5.41, 5.74) is 0.0101. The number of aromatic nitrogens is 2. The molecule has 0 unspecified atom stereocenters. The van der Waals surface area contributed by atoms with Gasteiger partial charge in [-0.1, -0.05) is 23.2 Å². The first kappa shape index (κ1) is 14.3. The van der Waals surface area contributed by atoms with E-state index in [9.17, 15) is 14.9 Å². The molecule has 0 aliphatic heterocycles. The van der Waals surface area contributed by atoms with Crippen LogP contribution in [0.2, 0.25) is 10.0 Å². The summed E-state index contributed by atoms with van der Waals surface area (Å²) < 4.78 is 1.35. The molecule has 1 aromatic carbocycles. The normalized spacial score (nSPS) is 10.3. The van der Waals surface area contributed by atoms with Gasteiger partial charge in [0.1, 0.15) is 11.6 Å². The number of benzene rings is 1. The molecule has 0 aliphatic rings. The number of nitro groups is 1. The van der Waals surface area contributed by atoms with Gasteiger partial charge in [-0.05, 0) is 12.1 Å². The van der Waals surface area contributed by atoms with Crippen LogP contribution in [0.15, 0.2) is 30.6 Å². The largest absolute Gasteiger partial charge is 0.324 e. The molecule has 20 heavy (non-hydrogen) atoms. The van der Waals surface area contributed by atoms with Crippen molar-refractivity contribution < 1.29 is 9.72 Å². The number of anilines is 1. The topological polar surface area (TPSA) is 90.1 Å². The van der Waals surface area contributed by atoms with Crippen molar-refractivity contribution in [1.29, 1.82) is 0 Å². The van der Waals surface area contributed by atoms with Crippen molar-refractivity contribution >= 4 is 40.5 Å². The van der Waals surface area contributed by atoms with Crippen molar-refractivity contribution in [2.75, 3.05) is 5.32 Å². The SMILES string of the molecule is O=C(Cn1cc(Cl)cn1)Nc1ccc(Cl)c([N+](=O)[O-])c1. The zero-order chi connectivity index (χ0) is 14.7. The minimum absolute atomic E-state index is 0.00635. The molecule has 1 heterocycles. The minimum Gasteiger partial charge on any atom is -0.324 e. The smallest absolute Gasteiger partial charge is 0.289 e. The predicted molar refractivity (Wildman–Crippen MR) is 74.0 cm³/mol. The third kappa shape index (κ3) is 3.46. The Bertz CT molecular complexity index is 671. The molecule has 0 saturated heterocycles. The first-order valence-corrected chi connectivity index (χ1v) is 6.13. The Morgan fingerprint density at radius 3 is 2.80 bits per heavy atom. The molecular formula is C11H8Cl2N4O3. The molecule has 7 nitrogen and oxygen atoms in total. The maximum absolute atomic E-state index is 11.7. The lowest BCUT2D eigenvalue weighted by Crippen LogP contribution is -2.19. The Morgan fingerprint density at radius 2 is 2.20 bits per heavy atom. The Hall–Kier alpha value is -2.12. The summed E-state index contributed by atoms with van der Waals surface area (Å²) in [6, 6.07) is 4.01. The molecule has 1 N–H and O–H groups in total. The minimum atomic E-state index is -0.620. The summed E-state index contributed by atoms with van der Waals surface area (Å²) in [7, 11) is 0. The van der Waals surface area contributed by atoms with Crippen LogP contribution in [0, 0.1) is 10.1 Å². The van der Waals surface area contributed by atoms with E-state index < -0.39 is 4.92 Å². The van der Waals surface area contributed by atoms with Gasteiger partial charge in [-0.25, -0.2) is 0 Å². The fourth-order valence-electron chi connectivity index (χ4n) is 1.50. The van der Waals surface area contributed by atoms with Gasteiger partial charge in [0.05, 0.1) is 16.1 Å². The van der Waals surface area contributed by atoms with Crippen molar-refractivity contribution in [3.05, 3.63) is 50.8 Å². The molecular weight excluding hydrogens is 307 g/mol. The number of halogens is 2. The number of carbonyl (C=O) groups excluding carboxylic acids is 1. The summed E-state index contributed by atoms with van der Waals surface area (Å²) in [5, 5.41) is 17.5. The number of nitrogens with one attached hydrogen (secondary N) is 1. The Morgan fingerprint density at radius 1 is 1.45 bits per heavy atom. The molecule has 0 bridgehead atoms. The molecule has 0 radical (unpaired) electrons. The van der Waals surface area contributed by atoms with Gasteiger partial charge in [0.25, 0.3) is 5.69 Å². The fraction of sp³-hybridized carbons (Fsp3) is 0.0909. The molecule has 104 valence electrons. The van der Waals surface area contributed by atoms with Crippen molar-refractivity contribution in [3.63, 3.8) is 0 Å². The molecule has 0 atom stereocenters. The number of hydrogen-bond acceptors (Lipinski definition) is 4.